The average Bonchev–Trinajstić information content (AvgIpc) is 2.28. The molecular weight excluding hydrogens is 218 g/mol. The van der Waals surface area contributed by atoms with Crippen molar-refractivity contribution in [2.45, 2.75) is 31.7 Å². The Morgan fingerprint density at radius 1 is 1.25 bits per heavy atom. The molecule has 1 aromatic carbocycles. The van der Waals surface area contributed by atoms with E-state index in [0.717, 1.165) is 11.5 Å². The zero-order chi connectivity index (χ0) is 12.0. The third kappa shape index (κ3) is 4.45. The van der Waals surface area contributed by atoms with E-state index < -0.39 is 0 Å². The van der Waals surface area contributed by atoms with Gasteiger partial charge >= 0.3 is 0 Å². The van der Waals surface area contributed by atoms with E-state index in [9.17, 15) is 0 Å². The van der Waals surface area contributed by atoms with Crippen LogP contribution in [0.4, 0.5) is 0 Å². The van der Waals surface area contributed by atoms with Gasteiger partial charge in [0.15, 0.2) is 0 Å². The highest BCUT2D eigenvalue weighted by Gasteiger charge is 2.07. The van der Waals surface area contributed by atoms with Crippen molar-refractivity contribution in [3.63, 3.8) is 0 Å². The molecule has 0 bridgehead atoms. The Labute approximate surface area is 103 Å². The van der Waals surface area contributed by atoms with Gasteiger partial charge in [-0.1, -0.05) is 13.8 Å². The first-order valence-electron chi connectivity index (χ1n) is 5.74. The van der Waals surface area contributed by atoms with Crippen molar-refractivity contribution in [1.29, 1.82) is 0 Å². The van der Waals surface area contributed by atoms with Gasteiger partial charge in [-0.3, -0.25) is 0 Å². The van der Waals surface area contributed by atoms with E-state index in [1.54, 1.807) is 11.8 Å². The summed E-state index contributed by atoms with van der Waals surface area (Å²) in [6.45, 7) is 7.02. The van der Waals surface area contributed by atoms with Crippen molar-refractivity contribution in [2.75, 3.05) is 12.4 Å². The fraction of sp³-hybridized carbons (Fsp3) is 0.538. The summed E-state index contributed by atoms with van der Waals surface area (Å²) < 4.78 is 5.39. The van der Waals surface area contributed by atoms with Crippen molar-refractivity contribution in [3.05, 3.63) is 24.3 Å². The third-order valence-electron chi connectivity index (χ3n) is 2.43. The predicted octanol–water partition coefficient (Wildman–Crippen LogP) is 3.16. The highest BCUT2D eigenvalue weighted by atomic mass is 32.2. The lowest BCUT2D eigenvalue weighted by atomic mass is 10.1. The van der Waals surface area contributed by atoms with Crippen LogP contribution in [0.5, 0.6) is 5.75 Å². The summed E-state index contributed by atoms with van der Waals surface area (Å²) in [5, 5.41) is 0. The smallest absolute Gasteiger partial charge is 0.119 e. The first-order valence-corrected chi connectivity index (χ1v) is 6.73. The number of hydrogen-bond donors (Lipinski definition) is 1. The molecule has 0 fully saturated rings. The summed E-state index contributed by atoms with van der Waals surface area (Å²) in [6, 6.07) is 8.45. The van der Waals surface area contributed by atoms with Crippen LogP contribution in [-0.4, -0.2) is 18.4 Å². The van der Waals surface area contributed by atoms with Gasteiger partial charge in [-0.05, 0) is 37.1 Å². The molecule has 16 heavy (non-hydrogen) atoms. The molecule has 0 radical (unpaired) electrons. The number of nitrogens with two attached hydrogens (primary N) is 1. The minimum atomic E-state index is 0.261. The van der Waals surface area contributed by atoms with Gasteiger partial charge in [0.05, 0.1) is 6.61 Å². The van der Waals surface area contributed by atoms with Gasteiger partial charge in [0.1, 0.15) is 5.75 Å². The second-order valence-corrected chi connectivity index (χ2v) is 5.22. The molecule has 2 nitrogen and oxygen atoms in total. The third-order valence-corrected chi connectivity index (χ3v) is 3.59. The maximum Gasteiger partial charge on any atom is 0.119 e. The Hall–Kier alpha value is -0.670. The molecule has 0 aliphatic heterocycles. The highest BCUT2D eigenvalue weighted by Crippen LogP contribution is 2.22. The molecule has 1 aromatic rings. The van der Waals surface area contributed by atoms with Gasteiger partial charge in [0.25, 0.3) is 0 Å². The monoisotopic (exact) mass is 239 g/mol. The summed E-state index contributed by atoms with van der Waals surface area (Å²) in [5.41, 5.74) is 6.00. The van der Waals surface area contributed by atoms with Crippen LogP contribution in [0.15, 0.2) is 29.2 Å². The Kier molecular flexibility index (Phi) is 5.71. The molecule has 0 heterocycles. The lowest BCUT2D eigenvalue weighted by molar-refractivity contribution is 0.340. The van der Waals surface area contributed by atoms with E-state index >= 15 is 0 Å². The number of ether oxygens (including phenoxy) is 1. The molecule has 2 N–H and O–H groups in total. The zero-order valence-corrected chi connectivity index (χ0v) is 11.1. The Balaban J connectivity index is 2.43. The standard InChI is InChI=1S/C13H21NOS/c1-4-15-11-5-7-12(8-6-11)16-9-13(14)10(2)3/h5-8,10,13H,4,9,14H2,1-3H3. The molecule has 90 valence electrons. The SMILES string of the molecule is CCOc1ccc(SCC(N)C(C)C)cc1. The summed E-state index contributed by atoms with van der Waals surface area (Å²) in [4.78, 5) is 1.25. The van der Waals surface area contributed by atoms with Crippen molar-refractivity contribution in [3.8, 4) is 5.75 Å². The highest BCUT2D eigenvalue weighted by molar-refractivity contribution is 7.99. The number of benzene rings is 1. The minimum Gasteiger partial charge on any atom is -0.494 e. The van der Waals surface area contributed by atoms with Gasteiger partial charge in [-0.2, -0.15) is 0 Å². The summed E-state index contributed by atoms with van der Waals surface area (Å²) in [6.07, 6.45) is 0. The first kappa shape index (κ1) is 13.4. The van der Waals surface area contributed by atoms with Crippen LogP contribution < -0.4 is 10.5 Å². The van der Waals surface area contributed by atoms with E-state index in [2.05, 4.69) is 26.0 Å². The van der Waals surface area contributed by atoms with E-state index in [-0.39, 0.29) is 6.04 Å². The lowest BCUT2D eigenvalue weighted by Crippen LogP contribution is -2.28. The number of rotatable bonds is 6. The van der Waals surface area contributed by atoms with E-state index in [1.807, 2.05) is 19.1 Å². The maximum absolute atomic E-state index is 6.00. The molecule has 0 aliphatic rings. The Bertz CT molecular complexity index is 297. The van der Waals surface area contributed by atoms with Crippen molar-refractivity contribution < 1.29 is 4.74 Å². The summed E-state index contributed by atoms with van der Waals surface area (Å²) in [7, 11) is 0. The summed E-state index contributed by atoms with van der Waals surface area (Å²) in [5.74, 6) is 2.43. The predicted molar refractivity (Wildman–Crippen MR) is 71.1 cm³/mol. The molecule has 0 aliphatic carbocycles. The van der Waals surface area contributed by atoms with Crippen LogP contribution in [-0.2, 0) is 0 Å². The Morgan fingerprint density at radius 3 is 2.38 bits per heavy atom. The van der Waals surface area contributed by atoms with Crippen LogP contribution in [0.2, 0.25) is 0 Å². The summed E-state index contributed by atoms with van der Waals surface area (Å²) >= 11 is 1.80. The second-order valence-electron chi connectivity index (χ2n) is 4.12. The van der Waals surface area contributed by atoms with Gasteiger partial charge in [0.2, 0.25) is 0 Å². The van der Waals surface area contributed by atoms with Crippen LogP contribution >= 0.6 is 11.8 Å². The van der Waals surface area contributed by atoms with Crippen molar-refractivity contribution in [1.82, 2.24) is 0 Å². The topological polar surface area (TPSA) is 35.2 Å². The van der Waals surface area contributed by atoms with E-state index in [1.165, 1.54) is 4.90 Å². The zero-order valence-electron chi connectivity index (χ0n) is 10.3. The van der Waals surface area contributed by atoms with Crippen molar-refractivity contribution in [2.24, 2.45) is 11.7 Å². The minimum absolute atomic E-state index is 0.261. The van der Waals surface area contributed by atoms with Crippen LogP contribution in [0, 0.1) is 5.92 Å². The number of hydrogen-bond acceptors (Lipinski definition) is 3. The van der Waals surface area contributed by atoms with E-state index in [4.69, 9.17) is 10.5 Å². The van der Waals surface area contributed by atoms with Crippen molar-refractivity contribution >= 4 is 11.8 Å². The van der Waals surface area contributed by atoms with Gasteiger partial charge in [-0.15, -0.1) is 11.8 Å². The molecular formula is C13H21NOS. The normalized spacial score (nSPS) is 12.8. The number of thioether (sulfide) groups is 1. The molecule has 3 heteroatoms. The fourth-order valence-electron chi connectivity index (χ4n) is 1.18. The molecule has 0 spiro atoms. The van der Waals surface area contributed by atoms with Gasteiger partial charge in [-0.25, -0.2) is 0 Å². The van der Waals surface area contributed by atoms with Crippen LogP contribution in [0.1, 0.15) is 20.8 Å². The first-order chi connectivity index (χ1) is 7.63. The molecule has 1 unspecified atom stereocenters. The van der Waals surface area contributed by atoms with Gasteiger partial charge < -0.3 is 10.5 Å². The van der Waals surface area contributed by atoms with E-state index in [0.29, 0.717) is 12.5 Å². The molecule has 1 atom stereocenters. The molecule has 0 saturated carbocycles. The lowest BCUT2D eigenvalue weighted by Gasteiger charge is -2.14. The van der Waals surface area contributed by atoms with Crippen LogP contribution in [0.3, 0.4) is 0 Å². The quantitative estimate of drug-likeness (QED) is 0.774. The Morgan fingerprint density at radius 2 is 1.88 bits per heavy atom. The largest absolute Gasteiger partial charge is 0.494 e. The molecule has 1 rings (SSSR count). The molecule has 0 saturated heterocycles. The molecule has 0 aromatic heterocycles. The second kappa shape index (κ2) is 6.81. The maximum atomic E-state index is 6.00. The fourth-order valence-corrected chi connectivity index (χ4v) is 2.28. The molecule has 0 amide bonds. The van der Waals surface area contributed by atoms with Gasteiger partial charge in [0, 0.05) is 16.7 Å². The average molecular weight is 239 g/mol. The van der Waals surface area contributed by atoms with Crippen LogP contribution in [0.25, 0.3) is 0 Å².